The molecule has 0 saturated heterocycles. The summed E-state index contributed by atoms with van der Waals surface area (Å²) >= 11 is 6.65. The summed E-state index contributed by atoms with van der Waals surface area (Å²) in [5, 5.41) is 1.26. The number of H-pyrrole nitrogens is 1. The Morgan fingerprint density at radius 1 is 1.24 bits per heavy atom. The number of nitrogens with two attached hydrogens (primary N) is 1. The molecule has 0 unspecified atom stereocenters. The van der Waals surface area contributed by atoms with Crippen LogP contribution in [0.3, 0.4) is 0 Å². The second kappa shape index (κ2) is 6.51. The molecule has 25 heavy (non-hydrogen) atoms. The van der Waals surface area contributed by atoms with E-state index >= 15 is 0 Å². The van der Waals surface area contributed by atoms with Crippen molar-refractivity contribution >= 4 is 55.7 Å². The molecule has 0 aliphatic heterocycles. The number of rotatable bonds is 5. The summed E-state index contributed by atoms with van der Waals surface area (Å²) in [4.78, 5) is 26.3. The summed E-state index contributed by atoms with van der Waals surface area (Å²) in [6.45, 7) is 0. The molecular formula is C15H12ClN3O4S2. The second-order valence-corrected chi connectivity index (χ2v) is 8.62. The number of halogens is 1. The quantitative estimate of drug-likeness (QED) is 0.609. The molecule has 2 amide bonds. The summed E-state index contributed by atoms with van der Waals surface area (Å²) in [7, 11) is -4.06. The van der Waals surface area contributed by atoms with Gasteiger partial charge in [0, 0.05) is 22.1 Å². The van der Waals surface area contributed by atoms with Crippen LogP contribution in [-0.2, 0) is 21.2 Å². The van der Waals surface area contributed by atoms with E-state index in [4.69, 9.17) is 17.3 Å². The highest BCUT2D eigenvalue weighted by Gasteiger charge is 2.21. The Morgan fingerprint density at radius 2 is 2.00 bits per heavy atom. The molecule has 0 atom stereocenters. The van der Waals surface area contributed by atoms with Gasteiger partial charge in [0.15, 0.2) is 0 Å². The lowest BCUT2D eigenvalue weighted by atomic mass is 10.1. The van der Waals surface area contributed by atoms with E-state index in [0.717, 1.165) is 10.9 Å². The van der Waals surface area contributed by atoms with E-state index in [9.17, 15) is 18.0 Å². The molecule has 1 aromatic carbocycles. The van der Waals surface area contributed by atoms with Gasteiger partial charge in [-0.25, -0.2) is 13.1 Å². The molecular weight excluding hydrogens is 386 g/mol. The minimum absolute atomic E-state index is 0.0964. The van der Waals surface area contributed by atoms with Crippen LogP contribution < -0.4 is 10.5 Å². The predicted molar refractivity (Wildman–Crippen MR) is 95.2 cm³/mol. The van der Waals surface area contributed by atoms with E-state index in [-0.39, 0.29) is 15.5 Å². The minimum atomic E-state index is -4.06. The van der Waals surface area contributed by atoms with Crippen molar-refractivity contribution in [2.75, 3.05) is 0 Å². The van der Waals surface area contributed by atoms with E-state index in [1.54, 1.807) is 24.4 Å². The first-order valence-electron chi connectivity index (χ1n) is 6.97. The lowest BCUT2D eigenvalue weighted by Gasteiger charge is -2.04. The van der Waals surface area contributed by atoms with Gasteiger partial charge >= 0.3 is 0 Å². The van der Waals surface area contributed by atoms with Gasteiger partial charge in [-0.3, -0.25) is 9.59 Å². The summed E-state index contributed by atoms with van der Waals surface area (Å²) in [5.41, 5.74) is 6.51. The summed E-state index contributed by atoms with van der Waals surface area (Å²) < 4.78 is 26.3. The van der Waals surface area contributed by atoms with Gasteiger partial charge in [0.05, 0.1) is 11.3 Å². The molecule has 0 aliphatic rings. The molecule has 2 aromatic heterocycles. The third kappa shape index (κ3) is 3.68. The Morgan fingerprint density at radius 3 is 2.68 bits per heavy atom. The fourth-order valence-corrected chi connectivity index (χ4v) is 4.62. The van der Waals surface area contributed by atoms with Gasteiger partial charge < -0.3 is 10.7 Å². The average molecular weight is 398 g/mol. The zero-order valence-corrected chi connectivity index (χ0v) is 15.0. The maximum Gasteiger partial charge on any atom is 0.273 e. The van der Waals surface area contributed by atoms with Crippen LogP contribution >= 0.6 is 22.9 Å². The molecule has 0 aliphatic carbocycles. The van der Waals surface area contributed by atoms with Crippen LogP contribution in [0.5, 0.6) is 0 Å². The van der Waals surface area contributed by atoms with Crippen molar-refractivity contribution in [3.8, 4) is 0 Å². The highest BCUT2D eigenvalue weighted by molar-refractivity contribution is 7.92. The number of aromatic nitrogens is 1. The van der Waals surface area contributed by atoms with Gasteiger partial charge in [0.2, 0.25) is 5.91 Å². The lowest BCUT2D eigenvalue weighted by molar-refractivity contribution is -0.118. The monoisotopic (exact) mass is 397 g/mol. The zero-order chi connectivity index (χ0) is 18.2. The molecule has 3 rings (SSSR count). The molecule has 0 spiro atoms. The van der Waals surface area contributed by atoms with Crippen LogP contribution in [0.15, 0.2) is 40.7 Å². The maximum atomic E-state index is 12.2. The summed E-state index contributed by atoms with van der Waals surface area (Å²) in [5.74, 6) is -1.43. The number of primary amides is 1. The number of hydrogen-bond acceptors (Lipinski definition) is 5. The van der Waals surface area contributed by atoms with Gasteiger partial charge in [-0.05, 0) is 35.9 Å². The second-order valence-electron chi connectivity index (χ2n) is 5.19. The summed E-state index contributed by atoms with van der Waals surface area (Å²) in [6, 6.07) is 7.71. The van der Waals surface area contributed by atoms with Crippen LogP contribution in [0, 0.1) is 0 Å². The predicted octanol–water partition coefficient (Wildman–Crippen LogP) is 2.03. The first-order chi connectivity index (χ1) is 11.8. The maximum absolute atomic E-state index is 12.2. The van der Waals surface area contributed by atoms with Crippen molar-refractivity contribution in [1.29, 1.82) is 0 Å². The third-order valence-corrected chi connectivity index (χ3v) is 6.62. The molecule has 4 N–H and O–H groups in total. The van der Waals surface area contributed by atoms with Crippen LogP contribution in [0.2, 0.25) is 5.02 Å². The normalized spacial score (nSPS) is 11.6. The van der Waals surface area contributed by atoms with Crippen LogP contribution in [0.4, 0.5) is 0 Å². The van der Waals surface area contributed by atoms with Crippen LogP contribution in [-0.4, -0.2) is 25.2 Å². The van der Waals surface area contributed by atoms with Crippen LogP contribution in [0.1, 0.15) is 15.2 Å². The van der Waals surface area contributed by atoms with Gasteiger partial charge in [0.25, 0.3) is 15.9 Å². The summed E-state index contributed by atoms with van der Waals surface area (Å²) in [6.07, 6.45) is 1.48. The Hall–Kier alpha value is -2.36. The fourth-order valence-electron chi connectivity index (χ4n) is 2.30. The number of aromatic amines is 1. The third-order valence-electron chi connectivity index (χ3n) is 3.42. The standard InChI is InChI=1S/C15H12ClN3O4S2/c16-9-1-2-11-10(6-9)8(7-18-11)5-13(20)19-25(22,23)14-4-3-12(24-14)15(17)21/h1-4,6-7,18H,5H2,(H2,17,21)(H,19,20). The lowest BCUT2D eigenvalue weighted by Crippen LogP contribution is -2.31. The van der Waals surface area contributed by atoms with Crippen molar-refractivity contribution in [2.45, 2.75) is 10.6 Å². The Balaban J connectivity index is 1.78. The SMILES string of the molecule is NC(=O)c1ccc(S(=O)(=O)NC(=O)Cc2c[nH]c3ccc(Cl)cc23)s1. The molecule has 0 radical (unpaired) electrons. The highest BCUT2D eigenvalue weighted by atomic mass is 35.5. The van der Waals surface area contributed by atoms with Crippen molar-refractivity contribution in [2.24, 2.45) is 5.73 Å². The van der Waals surface area contributed by atoms with Crippen molar-refractivity contribution in [3.05, 3.63) is 52.0 Å². The van der Waals surface area contributed by atoms with E-state index in [2.05, 4.69) is 4.98 Å². The van der Waals surface area contributed by atoms with Gasteiger partial charge in [0.1, 0.15) is 4.21 Å². The number of hydrogen-bond donors (Lipinski definition) is 3. The topological polar surface area (TPSA) is 122 Å². The number of sulfonamides is 1. The number of amides is 2. The highest BCUT2D eigenvalue weighted by Crippen LogP contribution is 2.24. The molecule has 2 heterocycles. The molecule has 7 nitrogen and oxygen atoms in total. The van der Waals surface area contributed by atoms with E-state index < -0.39 is 21.8 Å². The van der Waals surface area contributed by atoms with Gasteiger partial charge in [-0.2, -0.15) is 0 Å². The van der Waals surface area contributed by atoms with E-state index in [1.165, 1.54) is 12.1 Å². The number of fused-ring (bicyclic) bond motifs is 1. The van der Waals surface area contributed by atoms with E-state index in [1.807, 2.05) is 4.72 Å². The van der Waals surface area contributed by atoms with Gasteiger partial charge in [-0.1, -0.05) is 11.6 Å². The number of carbonyl (C=O) groups is 2. The number of thiophene rings is 1. The molecule has 130 valence electrons. The first-order valence-corrected chi connectivity index (χ1v) is 9.65. The van der Waals surface area contributed by atoms with Crippen molar-refractivity contribution < 1.29 is 18.0 Å². The largest absolute Gasteiger partial charge is 0.365 e. The number of nitrogens with one attached hydrogen (secondary N) is 2. The number of benzene rings is 1. The molecule has 0 bridgehead atoms. The Kier molecular flexibility index (Phi) is 4.55. The smallest absolute Gasteiger partial charge is 0.273 e. The zero-order valence-electron chi connectivity index (χ0n) is 12.6. The van der Waals surface area contributed by atoms with E-state index in [0.29, 0.717) is 21.9 Å². The fraction of sp³-hybridized carbons (Fsp3) is 0.0667. The Labute approximate surface area is 151 Å². The van der Waals surface area contributed by atoms with Gasteiger partial charge in [-0.15, -0.1) is 11.3 Å². The average Bonchev–Trinajstić information content (AvgIpc) is 3.15. The van der Waals surface area contributed by atoms with Crippen LogP contribution in [0.25, 0.3) is 10.9 Å². The Bertz CT molecular complexity index is 1090. The molecule has 3 aromatic rings. The first kappa shape index (κ1) is 17.5. The van der Waals surface area contributed by atoms with Crippen molar-refractivity contribution in [3.63, 3.8) is 0 Å². The number of carbonyl (C=O) groups excluding carboxylic acids is 2. The molecule has 0 saturated carbocycles. The molecule has 0 fully saturated rings. The molecule has 10 heteroatoms. The minimum Gasteiger partial charge on any atom is -0.365 e. The van der Waals surface area contributed by atoms with Crippen molar-refractivity contribution in [1.82, 2.24) is 9.71 Å².